The summed E-state index contributed by atoms with van der Waals surface area (Å²) >= 11 is 3.27. The minimum atomic E-state index is -0.391. The standard InChI is InChI=1S/C10H9BrN2O2/c1-15-9(14)4-7-8(11)3-2-6(5-12)10(7)13/h2-3H,4,13H2,1H3. The summed E-state index contributed by atoms with van der Waals surface area (Å²) in [7, 11) is 1.31. The number of nitriles is 1. The Morgan fingerprint density at radius 1 is 1.67 bits per heavy atom. The van der Waals surface area contributed by atoms with Gasteiger partial charge in [-0.1, -0.05) is 15.9 Å². The number of ether oxygens (including phenoxy) is 1. The number of hydrogen-bond acceptors (Lipinski definition) is 4. The van der Waals surface area contributed by atoms with Crippen molar-refractivity contribution in [3.8, 4) is 6.07 Å². The summed E-state index contributed by atoms with van der Waals surface area (Å²) in [6, 6.07) is 5.24. The lowest BCUT2D eigenvalue weighted by molar-refractivity contribution is -0.139. The van der Waals surface area contributed by atoms with Crippen molar-refractivity contribution in [3.63, 3.8) is 0 Å². The lowest BCUT2D eigenvalue weighted by Crippen LogP contribution is -2.08. The van der Waals surface area contributed by atoms with Gasteiger partial charge in [-0.05, 0) is 12.1 Å². The summed E-state index contributed by atoms with van der Waals surface area (Å²) in [6.07, 6.45) is 0.0540. The van der Waals surface area contributed by atoms with Crippen LogP contribution in [0.3, 0.4) is 0 Å². The third-order valence-electron chi connectivity index (χ3n) is 1.97. The molecule has 0 unspecified atom stereocenters. The zero-order chi connectivity index (χ0) is 11.4. The molecule has 15 heavy (non-hydrogen) atoms. The molecule has 0 amide bonds. The van der Waals surface area contributed by atoms with E-state index >= 15 is 0 Å². The van der Waals surface area contributed by atoms with Crippen molar-refractivity contribution in [2.24, 2.45) is 0 Å². The van der Waals surface area contributed by atoms with Gasteiger partial charge in [-0.15, -0.1) is 0 Å². The van der Waals surface area contributed by atoms with Gasteiger partial charge in [-0.3, -0.25) is 4.79 Å². The van der Waals surface area contributed by atoms with Crippen molar-refractivity contribution in [1.29, 1.82) is 5.26 Å². The number of anilines is 1. The van der Waals surface area contributed by atoms with Gasteiger partial charge in [0.25, 0.3) is 0 Å². The van der Waals surface area contributed by atoms with E-state index in [-0.39, 0.29) is 6.42 Å². The van der Waals surface area contributed by atoms with Crippen LogP contribution in [0.2, 0.25) is 0 Å². The van der Waals surface area contributed by atoms with Gasteiger partial charge < -0.3 is 10.5 Å². The fourth-order valence-electron chi connectivity index (χ4n) is 1.13. The van der Waals surface area contributed by atoms with Crippen molar-refractivity contribution >= 4 is 27.6 Å². The van der Waals surface area contributed by atoms with E-state index < -0.39 is 5.97 Å². The van der Waals surface area contributed by atoms with Gasteiger partial charge in [-0.2, -0.15) is 5.26 Å². The first kappa shape index (κ1) is 11.5. The molecule has 0 aliphatic carbocycles. The Morgan fingerprint density at radius 3 is 2.87 bits per heavy atom. The topological polar surface area (TPSA) is 76.1 Å². The fraction of sp³-hybridized carbons (Fsp3) is 0.200. The summed E-state index contributed by atoms with van der Waals surface area (Å²) in [5.74, 6) is -0.391. The highest BCUT2D eigenvalue weighted by Gasteiger charge is 2.13. The Bertz CT molecular complexity index is 438. The third-order valence-corrected chi connectivity index (χ3v) is 2.71. The maximum absolute atomic E-state index is 11.1. The van der Waals surface area contributed by atoms with Crippen LogP contribution in [0.5, 0.6) is 0 Å². The molecule has 0 heterocycles. The summed E-state index contributed by atoms with van der Waals surface area (Å²) < 4.78 is 5.24. The molecule has 5 heteroatoms. The molecule has 2 N–H and O–H groups in total. The Labute approximate surface area is 95.8 Å². The molecule has 0 bridgehead atoms. The van der Waals surface area contributed by atoms with Crippen LogP contribution in [0.4, 0.5) is 5.69 Å². The summed E-state index contributed by atoms with van der Waals surface area (Å²) in [4.78, 5) is 11.1. The molecule has 0 saturated carbocycles. The van der Waals surface area contributed by atoms with Crippen LogP contribution in [0.25, 0.3) is 0 Å². The van der Waals surface area contributed by atoms with Crippen LogP contribution in [0.1, 0.15) is 11.1 Å². The molecular weight excluding hydrogens is 260 g/mol. The van der Waals surface area contributed by atoms with E-state index in [1.54, 1.807) is 12.1 Å². The Balaban J connectivity index is 3.16. The van der Waals surface area contributed by atoms with Crippen molar-refractivity contribution in [2.45, 2.75) is 6.42 Å². The van der Waals surface area contributed by atoms with Crippen LogP contribution in [-0.2, 0) is 16.0 Å². The van der Waals surface area contributed by atoms with E-state index in [9.17, 15) is 4.79 Å². The Morgan fingerprint density at radius 2 is 2.33 bits per heavy atom. The molecule has 1 aromatic carbocycles. The lowest BCUT2D eigenvalue weighted by Gasteiger charge is -2.08. The molecule has 0 atom stereocenters. The molecule has 0 aromatic heterocycles. The van der Waals surface area contributed by atoms with Crippen molar-refractivity contribution in [2.75, 3.05) is 12.8 Å². The van der Waals surface area contributed by atoms with Gasteiger partial charge in [-0.25, -0.2) is 0 Å². The number of carbonyl (C=O) groups is 1. The molecule has 0 aliphatic heterocycles. The molecule has 0 aliphatic rings. The van der Waals surface area contributed by atoms with Crippen LogP contribution >= 0.6 is 15.9 Å². The van der Waals surface area contributed by atoms with Gasteiger partial charge in [0.2, 0.25) is 0 Å². The maximum Gasteiger partial charge on any atom is 0.310 e. The predicted molar refractivity (Wildman–Crippen MR) is 59.0 cm³/mol. The van der Waals surface area contributed by atoms with Crippen molar-refractivity contribution < 1.29 is 9.53 Å². The average molecular weight is 269 g/mol. The zero-order valence-electron chi connectivity index (χ0n) is 8.08. The highest BCUT2D eigenvalue weighted by atomic mass is 79.9. The van der Waals surface area contributed by atoms with E-state index in [1.165, 1.54) is 7.11 Å². The second kappa shape index (κ2) is 4.80. The second-order valence-electron chi connectivity index (χ2n) is 2.85. The zero-order valence-corrected chi connectivity index (χ0v) is 9.67. The number of halogens is 1. The lowest BCUT2D eigenvalue weighted by atomic mass is 10.1. The van der Waals surface area contributed by atoms with Gasteiger partial charge in [0.1, 0.15) is 6.07 Å². The molecule has 1 rings (SSSR count). The minimum absolute atomic E-state index is 0.0540. The van der Waals surface area contributed by atoms with Crippen molar-refractivity contribution in [1.82, 2.24) is 0 Å². The molecule has 0 saturated heterocycles. The predicted octanol–water partition coefficient (Wildman–Crippen LogP) is 1.62. The summed E-state index contributed by atoms with van der Waals surface area (Å²) in [5.41, 5.74) is 7.00. The number of hydrogen-bond donors (Lipinski definition) is 1. The molecule has 4 nitrogen and oxygen atoms in total. The van der Waals surface area contributed by atoms with Crippen molar-refractivity contribution in [3.05, 3.63) is 27.7 Å². The molecule has 78 valence electrons. The molecule has 1 aromatic rings. The number of methoxy groups -OCH3 is 1. The number of nitrogens with two attached hydrogens (primary N) is 1. The molecule has 0 spiro atoms. The quantitative estimate of drug-likeness (QED) is 0.653. The monoisotopic (exact) mass is 268 g/mol. The first-order chi connectivity index (χ1) is 7.10. The summed E-state index contributed by atoms with van der Waals surface area (Å²) in [5, 5.41) is 8.76. The first-order valence-corrected chi connectivity index (χ1v) is 4.93. The second-order valence-corrected chi connectivity index (χ2v) is 3.71. The first-order valence-electron chi connectivity index (χ1n) is 4.14. The van der Waals surface area contributed by atoms with Gasteiger partial charge in [0.15, 0.2) is 0 Å². The highest BCUT2D eigenvalue weighted by molar-refractivity contribution is 9.10. The van der Waals surface area contributed by atoms with Crippen LogP contribution < -0.4 is 5.73 Å². The van der Waals surface area contributed by atoms with Crippen LogP contribution in [-0.4, -0.2) is 13.1 Å². The fourth-order valence-corrected chi connectivity index (χ4v) is 1.62. The maximum atomic E-state index is 11.1. The van der Waals surface area contributed by atoms with E-state index in [0.717, 1.165) is 0 Å². The number of carbonyl (C=O) groups excluding carboxylic acids is 1. The third kappa shape index (κ3) is 2.48. The van der Waals surface area contributed by atoms with E-state index in [2.05, 4.69) is 20.7 Å². The van der Waals surface area contributed by atoms with Gasteiger partial charge in [0, 0.05) is 10.0 Å². The van der Waals surface area contributed by atoms with E-state index in [4.69, 9.17) is 11.0 Å². The Hall–Kier alpha value is -1.54. The van der Waals surface area contributed by atoms with Crippen LogP contribution in [0, 0.1) is 11.3 Å². The highest BCUT2D eigenvalue weighted by Crippen LogP contribution is 2.26. The normalized spacial score (nSPS) is 9.40. The average Bonchev–Trinajstić information content (AvgIpc) is 2.24. The number of rotatable bonds is 2. The molecule has 0 fully saturated rings. The molecule has 0 radical (unpaired) electrons. The van der Waals surface area contributed by atoms with Gasteiger partial charge in [0.05, 0.1) is 24.8 Å². The van der Waals surface area contributed by atoms with E-state index in [1.807, 2.05) is 6.07 Å². The number of esters is 1. The van der Waals surface area contributed by atoms with Gasteiger partial charge >= 0.3 is 5.97 Å². The minimum Gasteiger partial charge on any atom is -0.469 e. The number of benzene rings is 1. The SMILES string of the molecule is COC(=O)Cc1c(Br)ccc(C#N)c1N. The van der Waals surface area contributed by atoms with E-state index in [0.29, 0.717) is 21.3 Å². The molecular formula is C10H9BrN2O2. The number of nitrogen functional groups attached to an aromatic ring is 1. The Kier molecular flexibility index (Phi) is 3.69. The van der Waals surface area contributed by atoms with Crippen LogP contribution in [0.15, 0.2) is 16.6 Å². The summed E-state index contributed by atoms with van der Waals surface area (Å²) in [6.45, 7) is 0. The smallest absolute Gasteiger partial charge is 0.310 e. The number of nitrogens with zero attached hydrogens (tertiary/aromatic N) is 1. The largest absolute Gasteiger partial charge is 0.469 e.